The van der Waals surface area contributed by atoms with E-state index in [0.717, 1.165) is 40.8 Å². The van der Waals surface area contributed by atoms with E-state index in [1.807, 2.05) is 48.2 Å². The van der Waals surface area contributed by atoms with Crippen molar-refractivity contribution >= 4 is 27.5 Å². The first-order valence-corrected chi connectivity index (χ1v) is 10.2. The van der Waals surface area contributed by atoms with E-state index >= 15 is 0 Å². The molecule has 1 aliphatic rings. The highest BCUT2D eigenvalue weighted by Gasteiger charge is 2.22. The van der Waals surface area contributed by atoms with E-state index in [1.54, 1.807) is 0 Å². The molecule has 1 aromatic heterocycles. The second kappa shape index (κ2) is 8.14. The Morgan fingerprint density at radius 2 is 1.71 bits per heavy atom. The average Bonchev–Trinajstić information content (AvgIpc) is 3.23. The monoisotopic (exact) mass is 440 g/mol. The van der Waals surface area contributed by atoms with Crippen LogP contribution in [0.5, 0.6) is 0 Å². The number of carbonyl (C=O) groups excluding carboxylic acids is 1. The summed E-state index contributed by atoms with van der Waals surface area (Å²) in [5, 5.41) is 4.02. The van der Waals surface area contributed by atoms with Crippen LogP contribution in [-0.2, 0) is 6.42 Å². The molecule has 4 rings (SSSR count). The summed E-state index contributed by atoms with van der Waals surface area (Å²) < 4.78 is 6.16. The molecule has 3 aromatic rings. The van der Waals surface area contributed by atoms with Crippen LogP contribution < -0.4 is 4.90 Å². The summed E-state index contributed by atoms with van der Waals surface area (Å²) in [6.07, 6.45) is 0.730. The number of carbonyl (C=O) groups is 1. The van der Waals surface area contributed by atoms with Gasteiger partial charge in [-0.05, 0) is 48.5 Å². The predicted molar refractivity (Wildman–Crippen MR) is 111 cm³/mol. The Hall–Kier alpha value is -2.67. The molecule has 0 N–H and O–H groups in total. The predicted octanol–water partition coefficient (Wildman–Crippen LogP) is 4.02. The van der Waals surface area contributed by atoms with Gasteiger partial charge in [-0.2, -0.15) is 4.98 Å². The Morgan fingerprint density at radius 1 is 1.04 bits per heavy atom. The number of piperazine rings is 1. The first-order valence-electron chi connectivity index (χ1n) is 9.37. The number of aryl methyl sites for hydroxylation is 1. The van der Waals surface area contributed by atoms with Crippen molar-refractivity contribution in [1.29, 1.82) is 0 Å². The van der Waals surface area contributed by atoms with E-state index in [-0.39, 0.29) is 5.91 Å². The van der Waals surface area contributed by atoms with E-state index < -0.39 is 0 Å². The van der Waals surface area contributed by atoms with Crippen LogP contribution in [0.25, 0.3) is 11.4 Å². The van der Waals surface area contributed by atoms with Gasteiger partial charge in [0.1, 0.15) is 0 Å². The zero-order valence-electron chi connectivity index (χ0n) is 15.6. The van der Waals surface area contributed by atoms with Crippen LogP contribution in [0.4, 0.5) is 5.69 Å². The molecular weight excluding hydrogens is 420 g/mol. The van der Waals surface area contributed by atoms with Crippen molar-refractivity contribution in [3.05, 3.63) is 64.5 Å². The molecule has 2 heterocycles. The quantitative estimate of drug-likeness (QED) is 0.612. The van der Waals surface area contributed by atoms with Gasteiger partial charge < -0.3 is 14.3 Å². The van der Waals surface area contributed by atoms with E-state index in [4.69, 9.17) is 4.52 Å². The van der Waals surface area contributed by atoms with Crippen LogP contribution in [0.1, 0.15) is 23.2 Å². The minimum atomic E-state index is 0.0892. The maximum atomic E-state index is 12.7. The molecule has 1 amide bonds. The maximum Gasteiger partial charge on any atom is 0.253 e. The lowest BCUT2D eigenvalue weighted by Crippen LogP contribution is -2.48. The highest BCUT2D eigenvalue weighted by Crippen LogP contribution is 2.23. The van der Waals surface area contributed by atoms with Crippen LogP contribution in [0.2, 0.25) is 0 Å². The Labute approximate surface area is 172 Å². The number of amides is 1. The second-order valence-corrected chi connectivity index (χ2v) is 7.61. The maximum absolute atomic E-state index is 12.7. The van der Waals surface area contributed by atoms with Crippen molar-refractivity contribution in [3.8, 4) is 11.4 Å². The molecular formula is C21H21BrN4O2. The summed E-state index contributed by atoms with van der Waals surface area (Å²) in [7, 11) is 0. The molecule has 0 radical (unpaired) electrons. The van der Waals surface area contributed by atoms with Gasteiger partial charge in [0.2, 0.25) is 11.7 Å². The van der Waals surface area contributed by atoms with Gasteiger partial charge in [-0.3, -0.25) is 4.79 Å². The molecule has 2 aromatic carbocycles. The Balaban J connectivity index is 1.38. The van der Waals surface area contributed by atoms with E-state index in [0.29, 0.717) is 24.8 Å². The van der Waals surface area contributed by atoms with Crippen molar-refractivity contribution < 1.29 is 9.32 Å². The Kier molecular flexibility index (Phi) is 5.43. The van der Waals surface area contributed by atoms with Crippen molar-refractivity contribution in [3.63, 3.8) is 0 Å². The summed E-state index contributed by atoms with van der Waals surface area (Å²) in [6.45, 7) is 5.03. The molecule has 1 fully saturated rings. The van der Waals surface area contributed by atoms with Gasteiger partial charge >= 0.3 is 0 Å². The highest BCUT2D eigenvalue weighted by atomic mass is 79.9. The van der Waals surface area contributed by atoms with E-state index in [9.17, 15) is 4.79 Å². The van der Waals surface area contributed by atoms with Gasteiger partial charge in [0.15, 0.2) is 0 Å². The molecule has 0 unspecified atom stereocenters. The lowest BCUT2D eigenvalue weighted by atomic mass is 10.1. The van der Waals surface area contributed by atoms with Gasteiger partial charge in [0, 0.05) is 53.9 Å². The van der Waals surface area contributed by atoms with Crippen molar-refractivity contribution in [1.82, 2.24) is 15.0 Å². The molecule has 28 heavy (non-hydrogen) atoms. The summed E-state index contributed by atoms with van der Waals surface area (Å²) in [6, 6.07) is 15.7. The molecule has 0 saturated carbocycles. The fourth-order valence-electron chi connectivity index (χ4n) is 3.28. The molecule has 0 aliphatic carbocycles. The van der Waals surface area contributed by atoms with Crippen LogP contribution >= 0.6 is 15.9 Å². The number of benzene rings is 2. The number of anilines is 1. The third-order valence-corrected chi connectivity index (χ3v) is 5.45. The number of rotatable bonds is 4. The molecule has 7 heteroatoms. The first-order chi connectivity index (χ1) is 13.6. The first kappa shape index (κ1) is 18.7. The Morgan fingerprint density at radius 3 is 2.32 bits per heavy atom. The summed E-state index contributed by atoms with van der Waals surface area (Å²) in [4.78, 5) is 21.2. The molecule has 0 atom stereocenters. The standard InChI is InChI=1S/C21H21BrN4O2/c1-2-19-23-20(24-28-19)15-5-9-18(10-6-15)25-11-13-26(14-12-25)21(27)16-3-7-17(22)8-4-16/h3-10H,2,11-14H2,1H3. The van der Waals surface area contributed by atoms with Crippen molar-refractivity contribution in [2.24, 2.45) is 0 Å². The zero-order chi connectivity index (χ0) is 19.5. The average molecular weight is 441 g/mol. The summed E-state index contributed by atoms with van der Waals surface area (Å²) >= 11 is 3.40. The summed E-state index contributed by atoms with van der Waals surface area (Å²) in [5.74, 6) is 1.35. The lowest BCUT2D eigenvalue weighted by molar-refractivity contribution is 0.0747. The van der Waals surface area contributed by atoms with Crippen LogP contribution in [0.15, 0.2) is 57.5 Å². The topological polar surface area (TPSA) is 62.5 Å². The number of hydrogen-bond acceptors (Lipinski definition) is 5. The number of halogens is 1. The van der Waals surface area contributed by atoms with Crippen LogP contribution in [0, 0.1) is 0 Å². The minimum Gasteiger partial charge on any atom is -0.368 e. The number of aromatic nitrogens is 2. The fourth-order valence-corrected chi connectivity index (χ4v) is 3.54. The van der Waals surface area contributed by atoms with Crippen LogP contribution in [0.3, 0.4) is 0 Å². The molecule has 0 spiro atoms. The number of hydrogen-bond donors (Lipinski definition) is 0. The lowest BCUT2D eigenvalue weighted by Gasteiger charge is -2.36. The van der Waals surface area contributed by atoms with E-state index in [1.165, 1.54) is 0 Å². The third kappa shape index (κ3) is 3.94. The molecule has 144 valence electrons. The van der Waals surface area contributed by atoms with Gasteiger partial charge in [-0.15, -0.1) is 0 Å². The fraction of sp³-hybridized carbons (Fsp3) is 0.286. The van der Waals surface area contributed by atoms with Crippen LogP contribution in [-0.4, -0.2) is 47.1 Å². The zero-order valence-corrected chi connectivity index (χ0v) is 17.2. The van der Waals surface area contributed by atoms with Gasteiger partial charge in [-0.25, -0.2) is 0 Å². The molecule has 1 saturated heterocycles. The van der Waals surface area contributed by atoms with E-state index in [2.05, 4.69) is 43.1 Å². The van der Waals surface area contributed by atoms with Gasteiger partial charge in [-0.1, -0.05) is 28.0 Å². The summed E-state index contributed by atoms with van der Waals surface area (Å²) in [5.41, 5.74) is 2.81. The Bertz CT molecular complexity index is 945. The number of nitrogens with zero attached hydrogens (tertiary/aromatic N) is 4. The molecule has 0 bridgehead atoms. The van der Waals surface area contributed by atoms with Gasteiger partial charge in [0.25, 0.3) is 5.91 Å². The second-order valence-electron chi connectivity index (χ2n) is 6.70. The van der Waals surface area contributed by atoms with Crippen molar-refractivity contribution in [2.75, 3.05) is 31.1 Å². The molecule has 6 nitrogen and oxygen atoms in total. The van der Waals surface area contributed by atoms with Gasteiger partial charge in [0.05, 0.1) is 0 Å². The normalized spacial score (nSPS) is 14.4. The SMILES string of the molecule is CCc1nc(-c2ccc(N3CCN(C(=O)c4ccc(Br)cc4)CC3)cc2)no1. The highest BCUT2D eigenvalue weighted by molar-refractivity contribution is 9.10. The molecule has 1 aliphatic heterocycles. The smallest absolute Gasteiger partial charge is 0.253 e. The minimum absolute atomic E-state index is 0.0892. The van der Waals surface area contributed by atoms with Crippen molar-refractivity contribution in [2.45, 2.75) is 13.3 Å². The third-order valence-electron chi connectivity index (χ3n) is 4.92. The largest absolute Gasteiger partial charge is 0.368 e.